The van der Waals surface area contributed by atoms with Crippen LogP contribution in [0.5, 0.6) is 5.75 Å². The number of anilines is 3. The summed E-state index contributed by atoms with van der Waals surface area (Å²) in [6.07, 6.45) is 5.25. The van der Waals surface area contributed by atoms with Gasteiger partial charge in [0.1, 0.15) is 24.2 Å². The fourth-order valence-corrected chi connectivity index (χ4v) is 6.20. The van der Waals surface area contributed by atoms with Gasteiger partial charge in [0.05, 0.1) is 35.7 Å². The van der Waals surface area contributed by atoms with Gasteiger partial charge in [-0.25, -0.2) is 4.98 Å². The summed E-state index contributed by atoms with van der Waals surface area (Å²) in [5.74, 6) is 2.10. The van der Waals surface area contributed by atoms with Crippen LogP contribution in [0.4, 0.5) is 17.2 Å². The van der Waals surface area contributed by atoms with Crippen LogP contribution in [0.3, 0.4) is 0 Å². The van der Waals surface area contributed by atoms with E-state index < -0.39 is 0 Å². The third kappa shape index (κ3) is 4.48. The molecule has 1 aromatic heterocycles. The number of aromatic nitrogens is 1. The highest BCUT2D eigenvalue weighted by Crippen LogP contribution is 2.42. The smallest absolute Gasteiger partial charge is 0.246 e. The molecule has 0 atom stereocenters. The van der Waals surface area contributed by atoms with Crippen LogP contribution in [0.15, 0.2) is 31.0 Å². The topological polar surface area (TPSA) is 94.0 Å². The third-order valence-corrected chi connectivity index (χ3v) is 8.37. The van der Waals surface area contributed by atoms with Crippen molar-refractivity contribution in [3.05, 3.63) is 53.2 Å². The van der Waals surface area contributed by atoms with Gasteiger partial charge in [0.2, 0.25) is 5.91 Å². The highest BCUT2D eigenvalue weighted by atomic mass is 16.5. The monoisotopic (exact) mass is 514 g/mol. The molecule has 0 bridgehead atoms. The van der Waals surface area contributed by atoms with Crippen molar-refractivity contribution in [2.24, 2.45) is 0 Å². The molecule has 4 aliphatic rings. The van der Waals surface area contributed by atoms with Crippen LogP contribution in [0.25, 0.3) is 0 Å². The molecule has 5 heterocycles. The van der Waals surface area contributed by atoms with E-state index in [0.717, 1.165) is 86.2 Å². The first kappa shape index (κ1) is 24.7. The standard InChI is InChI=1S/C29H34N6O3/c1-3-26(36)35-16-23(17-35)33-6-4-20(5-7-33)21-12-19(2)28-25(13-21)32-29-24(18-38-28)27(22(14-30)15-31-29)34-8-10-37-11-9-34/h3,12-13,15,20,23H,1,4-11,16-18H2,2H3,(H,31,32). The first-order chi connectivity index (χ1) is 18.6. The van der Waals surface area contributed by atoms with E-state index in [1.54, 1.807) is 6.20 Å². The lowest BCUT2D eigenvalue weighted by Crippen LogP contribution is -2.61. The van der Waals surface area contributed by atoms with Crippen molar-refractivity contribution >= 4 is 23.1 Å². The average Bonchev–Trinajstić information content (AvgIpc) is 3.12. The number of rotatable bonds is 4. The number of morpholine rings is 1. The number of piperidine rings is 1. The predicted molar refractivity (Wildman–Crippen MR) is 145 cm³/mol. The minimum atomic E-state index is 0.0308. The number of fused-ring (bicyclic) bond motifs is 2. The minimum Gasteiger partial charge on any atom is -0.486 e. The van der Waals surface area contributed by atoms with Gasteiger partial charge in [-0.05, 0) is 62.0 Å². The Morgan fingerprint density at radius 3 is 2.68 bits per heavy atom. The molecule has 0 saturated carbocycles. The molecule has 1 N–H and O–H groups in total. The number of nitrogens with zero attached hydrogens (tertiary/aromatic N) is 5. The number of likely N-dealkylation sites (tertiary alicyclic amines) is 2. The second-order valence-electron chi connectivity index (χ2n) is 10.6. The van der Waals surface area contributed by atoms with Gasteiger partial charge in [0.15, 0.2) is 0 Å². The van der Waals surface area contributed by atoms with E-state index in [1.807, 2.05) is 4.90 Å². The van der Waals surface area contributed by atoms with Gasteiger partial charge in [0, 0.05) is 38.4 Å². The van der Waals surface area contributed by atoms with Crippen LogP contribution in [0.2, 0.25) is 0 Å². The van der Waals surface area contributed by atoms with Crippen LogP contribution in [0.1, 0.15) is 41.0 Å². The van der Waals surface area contributed by atoms with Gasteiger partial charge >= 0.3 is 0 Å². The maximum atomic E-state index is 11.8. The molecule has 0 aliphatic carbocycles. The maximum absolute atomic E-state index is 11.8. The van der Waals surface area contributed by atoms with Gasteiger partial charge in [-0.15, -0.1) is 0 Å². The number of aryl methyl sites for hydroxylation is 1. The molecule has 0 spiro atoms. The molecule has 3 saturated heterocycles. The Kier molecular flexibility index (Phi) is 6.68. The Labute approximate surface area is 223 Å². The summed E-state index contributed by atoms with van der Waals surface area (Å²) >= 11 is 0. The van der Waals surface area contributed by atoms with Crippen LogP contribution in [-0.2, 0) is 16.1 Å². The molecule has 4 aliphatic heterocycles. The molecule has 0 unspecified atom stereocenters. The quantitative estimate of drug-likeness (QED) is 0.622. The average molecular weight is 515 g/mol. The number of nitriles is 1. The van der Waals surface area contributed by atoms with Crippen LogP contribution < -0.4 is 15.0 Å². The number of carbonyl (C=O) groups is 1. The summed E-state index contributed by atoms with van der Waals surface area (Å²) in [6.45, 7) is 12.5. The number of ether oxygens (including phenoxy) is 2. The lowest BCUT2D eigenvalue weighted by atomic mass is 9.87. The molecule has 9 heteroatoms. The fraction of sp³-hybridized carbons (Fsp3) is 0.483. The van der Waals surface area contributed by atoms with E-state index in [4.69, 9.17) is 9.47 Å². The number of hydrogen-bond acceptors (Lipinski definition) is 8. The summed E-state index contributed by atoms with van der Waals surface area (Å²) < 4.78 is 11.9. The van der Waals surface area contributed by atoms with Crippen molar-refractivity contribution < 1.29 is 14.3 Å². The molecule has 1 aromatic carbocycles. The lowest BCUT2D eigenvalue weighted by molar-refractivity contribution is -0.133. The third-order valence-electron chi connectivity index (χ3n) is 8.37. The molecule has 198 valence electrons. The second kappa shape index (κ2) is 10.3. The highest BCUT2D eigenvalue weighted by Gasteiger charge is 2.36. The van der Waals surface area contributed by atoms with E-state index in [9.17, 15) is 10.1 Å². The summed E-state index contributed by atoms with van der Waals surface area (Å²) in [5.41, 5.74) is 5.74. The fourth-order valence-electron chi connectivity index (χ4n) is 6.20. The van der Waals surface area contributed by atoms with Gasteiger partial charge in [-0.2, -0.15) is 5.26 Å². The van der Waals surface area contributed by atoms with E-state index in [-0.39, 0.29) is 5.91 Å². The van der Waals surface area contributed by atoms with Crippen molar-refractivity contribution in [2.45, 2.75) is 38.3 Å². The molecule has 2 aromatic rings. The number of hydrogen-bond donors (Lipinski definition) is 1. The van der Waals surface area contributed by atoms with Gasteiger partial charge in [0.25, 0.3) is 0 Å². The zero-order valence-electron chi connectivity index (χ0n) is 21.9. The Morgan fingerprint density at radius 1 is 1.21 bits per heavy atom. The zero-order valence-corrected chi connectivity index (χ0v) is 21.9. The van der Waals surface area contributed by atoms with Crippen LogP contribution in [0, 0.1) is 18.3 Å². The summed E-state index contributed by atoms with van der Waals surface area (Å²) in [4.78, 5) is 23.0. The van der Waals surface area contributed by atoms with Gasteiger partial charge in [-0.3, -0.25) is 9.69 Å². The summed E-state index contributed by atoms with van der Waals surface area (Å²) in [6, 6.07) is 7.27. The highest BCUT2D eigenvalue weighted by molar-refractivity contribution is 5.87. The maximum Gasteiger partial charge on any atom is 0.246 e. The largest absolute Gasteiger partial charge is 0.486 e. The zero-order chi connectivity index (χ0) is 26.2. The molecule has 6 rings (SSSR count). The van der Waals surface area contributed by atoms with Crippen molar-refractivity contribution in [3.63, 3.8) is 0 Å². The van der Waals surface area contributed by atoms with Crippen LogP contribution in [-0.4, -0.2) is 79.2 Å². The number of benzene rings is 1. The number of nitrogens with one attached hydrogen (secondary N) is 1. The minimum absolute atomic E-state index is 0.0308. The predicted octanol–water partition coefficient (Wildman–Crippen LogP) is 3.31. The Balaban J connectivity index is 1.20. The first-order valence-corrected chi connectivity index (χ1v) is 13.5. The molecule has 0 radical (unpaired) electrons. The lowest BCUT2D eigenvalue weighted by Gasteiger charge is -2.47. The molecule has 9 nitrogen and oxygen atoms in total. The number of amides is 1. The summed E-state index contributed by atoms with van der Waals surface area (Å²) in [7, 11) is 0. The molecule has 1 amide bonds. The van der Waals surface area contributed by atoms with Crippen molar-refractivity contribution in [1.29, 1.82) is 5.26 Å². The number of carbonyl (C=O) groups excluding carboxylic acids is 1. The molecule has 3 fully saturated rings. The van der Waals surface area contributed by atoms with E-state index in [0.29, 0.717) is 37.3 Å². The first-order valence-electron chi connectivity index (χ1n) is 13.5. The second-order valence-corrected chi connectivity index (χ2v) is 10.6. The Morgan fingerprint density at radius 2 is 1.97 bits per heavy atom. The summed E-state index contributed by atoms with van der Waals surface area (Å²) in [5, 5.41) is 13.4. The van der Waals surface area contributed by atoms with Gasteiger partial charge < -0.3 is 24.6 Å². The number of pyridine rings is 1. The Hall–Kier alpha value is -3.61. The van der Waals surface area contributed by atoms with Crippen molar-refractivity contribution in [2.75, 3.05) is 62.7 Å². The van der Waals surface area contributed by atoms with Crippen molar-refractivity contribution in [3.8, 4) is 11.8 Å². The normalized spacial score (nSPS) is 20.2. The van der Waals surface area contributed by atoms with E-state index in [2.05, 4.69) is 51.8 Å². The van der Waals surface area contributed by atoms with Gasteiger partial charge in [-0.1, -0.05) is 12.6 Å². The molecular weight excluding hydrogens is 480 g/mol. The molecule has 38 heavy (non-hydrogen) atoms. The van der Waals surface area contributed by atoms with E-state index >= 15 is 0 Å². The molecular formula is C29H34N6O3. The van der Waals surface area contributed by atoms with E-state index in [1.165, 1.54) is 11.6 Å². The SMILES string of the molecule is C=CC(=O)N1CC(N2CCC(c3cc(C)c4c(c3)Nc3ncc(C#N)c(N5CCOCC5)c3CO4)CC2)C1. The van der Waals surface area contributed by atoms with Crippen LogP contribution >= 0.6 is 0 Å². The van der Waals surface area contributed by atoms with Crippen molar-refractivity contribution in [1.82, 2.24) is 14.8 Å². The Bertz CT molecular complexity index is 1280.